The molecule has 364 valence electrons. The van der Waals surface area contributed by atoms with E-state index in [1.54, 1.807) is 44.6 Å². The molecule has 8 aromatic carbocycles. The maximum atomic E-state index is 12.3. The fourth-order valence-electron chi connectivity index (χ4n) is 8.99. The number of ketones is 2. The number of nitrogens with one attached hydrogen (secondary N) is 2. The molecule has 0 aromatic heterocycles. The Labute approximate surface area is 424 Å². The molecule has 0 spiro atoms. The normalized spacial score (nSPS) is 12.9. The molecule has 0 atom stereocenters. The van der Waals surface area contributed by atoms with Gasteiger partial charge >= 0.3 is 12.1 Å². The molecule has 4 heterocycles. The quantitative estimate of drug-likeness (QED) is 0.133. The molecule has 0 aliphatic carbocycles. The van der Waals surface area contributed by atoms with Gasteiger partial charge in [-0.3, -0.25) is 19.4 Å². The molecule has 0 radical (unpaired) electrons. The van der Waals surface area contributed by atoms with Gasteiger partial charge in [0.15, 0.2) is 11.6 Å². The van der Waals surface area contributed by atoms with Crippen LogP contribution in [0.4, 0.5) is 55.1 Å². The summed E-state index contributed by atoms with van der Waals surface area (Å²) in [5.41, 5.74) is 25.0. The number of nitrogens with two attached hydrogens (primary N) is 2. The van der Waals surface area contributed by atoms with Gasteiger partial charge in [0.05, 0.1) is 37.0 Å². The van der Waals surface area contributed by atoms with E-state index in [4.69, 9.17) is 20.9 Å². The van der Waals surface area contributed by atoms with E-state index in [1.807, 2.05) is 146 Å². The number of carbonyl (C=O) groups is 4. The number of hydrogen-bond acceptors (Lipinski definition) is 8. The van der Waals surface area contributed by atoms with Crippen molar-refractivity contribution in [1.29, 1.82) is 0 Å². The lowest BCUT2D eigenvalue weighted by Gasteiger charge is -2.22. The summed E-state index contributed by atoms with van der Waals surface area (Å²) in [7, 11) is 3.32. The summed E-state index contributed by atoms with van der Waals surface area (Å²) >= 11 is 0. The lowest BCUT2D eigenvalue weighted by Crippen LogP contribution is -2.32. The number of fused-ring (bicyclic) bond motifs is 8. The van der Waals surface area contributed by atoms with Gasteiger partial charge in [-0.15, -0.1) is 0 Å². The number of ether oxygens (including phenoxy) is 2. The van der Waals surface area contributed by atoms with Gasteiger partial charge < -0.3 is 31.6 Å². The number of methoxy groups -OCH3 is 2. The summed E-state index contributed by atoms with van der Waals surface area (Å²) in [6.07, 6.45) is 4.72. The topological polar surface area (TPSA) is 169 Å². The van der Waals surface area contributed by atoms with Crippen molar-refractivity contribution in [2.75, 3.05) is 34.7 Å². The molecule has 0 saturated carbocycles. The van der Waals surface area contributed by atoms with Crippen molar-refractivity contribution in [1.82, 2.24) is 0 Å². The Kier molecular flexibility index (Phi) is 15.2. The Morgan fingerprint density at radius 3 is 1.44 bits per heavy atom. The third-order valence-corrected chi connectivity index (χ3v) is 12.4. The van der Waals surface area contributed by atoms with Crippen LogP contribution in [0.2, 0.25) is 0 Å². The van der Waals surface area contributed by atoms with Crippen molar-refractivity contribution >= 4 is 92.8 Å². The SMILES string of the molecule is C.COC1=Cc2ccccc2N(C(N)=O)c2ccccc21.COC1=Cc2ccccc2Nc2ccccc21.NC(=O)N1c2ccccc2CC(=O)c2ccccc21.O=C1Cc2ccccc2Nc2ccccc21. The van der Waals surface area contributed by atoms with E-state index in [-0.39, 0.29) is 25.4 Å². The molecule has 4 aliphatic rings. The van der Waals surface area contributed by atoms with Crippen LogP contribution in [0.3, 0.4) is 0 Å². The minimum atomic E-state index is -0.588. The number of rotatable bonds is 2. The molecule has 0 bridgehead atoms. The van der Waals surface area contributed by atoms with E-state index in [2.05, 4.69) is 41.0 Å². The molecule has 73 heavy (non-hydrogen) atoms. The molecular formula is C61H54N6O6. The number of Topliss-reactive ketones (excluding diaryl/α,β-unsaturated/α-hetero) is 2. The molecule has 0 fully saturated rings. The first-order chi connectivity index (χ1) is 35.1. The number of hydrogen-bond donors (Lipinski definition) is 4. The maximum absolute atomic E-state index is 12.3. The van der Waals surface area contributed by atoms with Crippen LogP contribution in [0, 0.1) is 0 Å². The van der Waals surface area contributed by atoms with Gasteiger partial charge in [0.2, 0.25) is 0 Å². The first kappa shape index (κ1) is 49.7. The molecule has 12 rings (SSSR count). The average Bonchev–Trinajstić information content (AvgIpc) is 3.80. The zero-order valence-corrected chi connectivity index (χ0v) is 39.5. The number of primary amides is 2. The highest BCUT2D eigenvalue weighted by Gasteiger charge is 2.28. The Balaban J connectivity index is 0.000000130. The molecule has 12 heteroatoms. The van der Waals surface area contributed by atoms with Gasteiger partial charge in [-0.05, 0) is 96.1 Å². The molecule has 12 nitrogen and oxygen atoms in total. The Bertz CT molecular complexity index is 3440. The highest BCUT2D eigenvalue weighted by atomic mass is 16.5. The van der Waals surface area contributed by atoms with Gasteiger partial charge in [0, 0.05) is 69.0 Å². The van der Waals surface area contributed by atoms with E-state index in [9.17, 15) is 19.2 Å². The number of urea groups is 2. The number of nitrogens with zero attached hydrogens (tertiary/aromatic N) is 2. The Hall–Kier alpha value is -9.68. The smallest absolute Gasteiger partial charge is 0.323 e. The van der Waals surface area contributed by atoms with E-state index in [1.165, 1.54) is 9.80 Å². The number of benzene rings is 8. The van der Waals surface area contributed by atoms with Crippen LogP contribution in [0.15, 0.2) is 194 Å². The van der Waals surface area contributed by atoms with Crippen molar-refractivity contribution in [2.24, 2.45) is 11.5 Å². The van der Waals surface area contributed by atoms with Crippen LogP contribution in [0.5, 0.6) is 0 Å². The predicted octanol–water partition coefficient (Wildman–Crippen LogP) is 13.7. The van der Waals surface area contributed by atoms with Crippen LogP contribution in [0.1, 0.15) is 61.5 Å². The van der Waals surface area contributed by atoms with Crippen molar-refractivity contribution in [3.8, 4) is 0 Å². The molecule has 4 amide bonds. The zero-order chi connectivity index (χ0) is 50.1. The summed E-state index contributed by atoms with van der Waals surface area (Å²) < 4.78 is 10.9. The van der Waals surface area contributed by atoms with Gasteiger partial charge in [0.1, 0.15) is 11.5 Å². The van der Waals surface area contributed by atoms with Crippen molar-refractivity contribution < 1.29 is 28.7 Å². The highest BCUT2D eigenvalue weighted by Crippen LogP contribution is 2.40. The number of anilines is 8. The van der Waals surface area contributed by atoms with Crippen LogP contribution < -0.4 is 31.9 Å². The van der Waals surface area contributed by atoms with Gasteiger partial charge in [-0.2, -0.15) is 0 Å². The fourth-order valence-corrected chi connectivity index (χ4v) is 8.99. The van der Waals surface area contributed by atoms with Gasteiger partial charge in [-0.25, -0.2) is 9.59 Å². The molecular weight excluding hydrogens is 913 g/mol. The van der Waals surface area contributed by atoms with E-state index in [0.29, 0.717) is 29.1 Å². The summed E-state index contributed by atoms with van der Waals surface area (Å²) in [6, 6.07) is 60.3. The standard InChI is InChI=1S/C16H14N2O2.C15H12N2O2.C15H13NO.C14H11NO.CH4/c1-20-15-10-11-6-2-4-8-13(11)18(16(17)19)14-9-5-3-7-12(14)15;16-15(19)17-12-7-3-1-5-10(12)9-14(18)11-6-2-4-8-13(11)17;1-17-15-10-11-6-2-4-8-13(11)16-14-9-5-3-7-12(14)15;16-14-9-10-5-1-3-7-12(10)15-13-8-4-2-6-11(13)14;/h2-10H,1H3,(H2,17,19);1-8H,9H2,(H2,16,19);2-10,16H,1H3;1-8,15H,9H2;1H4. The molecule has 0 saturated heterocycles. The average molecular weight is 967 g/mol. The van der Waals surface area contributed by atoms with Gasteiger partial charge in [-0.1, -0.05) is 129 Å². The summed E-state index contributed by atoms with van der Waals surface area (Å²) in [6.45, 7) is 0. The third-order valence-electron chi connectivity index (χ3n) is 12.4. The van der Waals surface area contributed by atoms with E-state index < -0.39 is 12.1 Å². The summed E-state index contributed by atoms with van der Waals surface area (Å²) in [4.78, 5) is 50.9. The van der Waals surface area contributed by atoms with E-state index in [0.717, 1.165) is 78.8 Å². The second kappa shape index (κ2) is 22.4. The third kappa shape index (κ3) is 10.6. The first-order valence-electron chi connectivity index (χ1n) is 23.1. The van der Waals surface area contributed by atoms with Crippen LogP contribution in [0.25, 0.3) is 23.7 Å². The number of para-hydroxylation sites is 8. The highest BCUT2D eigenvalue weighted by molar-refractivity contribution is 6.12. The monoisotopic (exact) mass is 966 g/mol. The second-order valence-electron chi connectivity index (χ2n) is 16.8. The molecule has 4 aliphatic heterocycles. The minimum absolute atomic E-state index is 0. The zero-order valence-electron chi connectivity index (χ0n) is 39.5. The second-order valence-corrected chi connectivity index (χ2v) is 16.8. The van der Waals surface area contributed by atoms with E-state index >= 15 is 0 Å². The predicted molar refractivity (Wildman–Crippen MR) is 294 cm³/mol. The van der Waals surface area contributed by atoms with Crippen molar-refractivity contribution in [2.45, 2.75) is 20.3 Å². The Morgan fingerprint density at radius 1 is 0.411 bits per heavy atom. The van der Waals surface area contributed by atoms with Crippen LogP contribution in [-0.2, 0) is 22.3 Å². The number of amides is 4. The summed E-state index contributed by atoms with van der Waals surface area (Å²) in [5.74, 6) is 1.76. The molecule has 6 N–H and O–H groups in total. The maximum Gasteiger partial charge on any atom is 0.323 e. The largest absolute Gasteiger partial charge is 0.496 e. The lowest BCUT2D eigenvalue weighted by molar-refractivity contribution is 0.0986. The fraction of sp³-hybridized carbons (Fsp3) is 0.0820. The molecule has 0 unspecified atom stereocenters. The summed E-state index contributed by atoms with van der Waals surface area (Å²) in [5, 5.41) is 6.75. The van der Waals surface area contributed by atoms with Crippen LogP contribution >= 0.6 is 0 Å². The Morgan fingerprint density at radius 2 is 0.795 bits per heavy atom. The van der Waals surface area contributed by atoms with Crippen molar-refractivity contribution in [3.63, 3.8) is 0 Å². The van der Waals surface area contributed by atoms with Crippen molar-refractivity contribution in [3.05, 3.63) is 239 Å². The van der Waals surface area contributed by atoms with Gasteiger partial charge in [0.25, 0.3) is 0 Å². The lowest BCUT2D eigenvalue weighted by atomic mass is 10.0. The molecule has 8 aromatic rings. The first-order valence-corrected chi connectivity index (χ1v) is 23.1. The number of carbonyl (C=O) groups excluding carboxylic acids is 4. The van der Waals surface area contributed by atoms with Crippen LogP contribution in [-0.4, -0.2) is 37.8 Å². The minimum Gasteiger partial charge on any atom is -0.496 e.